The second-order valence-electron chi connectivity index (χ2n) is 15.8. The molecule has 1 aliphatic heterocycles. The van der Waals surface area contributed by atoms with Crippen molar-refractivity contribution in [2.45, 2.75) is 130 Å². The predicted octanol–water partition coefficient (Wildman–Crippen LogP) is 2.99. The van der Waals surface area contributed by atoms with Gasteiger partial charge in [0.2, 0.25) is 17.6 Å². The van der Waals surface area contributed by atoms with E-state index < -0.39 is 64.9 Å². The maximum Gasteiger partial charge on any atom is 0.408 e. The first-order valence-corrected chi connectivity index (χ1v) is 16.9. The number of nitrogens with zero attached hydrogens (tertiary/aromatic N) is 1. The minimum Gasteiger partial charge on any atom is -0.460 e. The molecule has 0 spiro atoms. The molecule has 13 heteroatoms. The van der Waals surface area contributed by atoms with Crippen molar-refractivity contribution < 1.29 is 43.0 Å². The molecule has 0 aromatic rings. The maximum atomic E-state index is 14.3. The summed E-state index contributed by atoms with van der Waals surface area (Å²) in [4.78, 5) is 92.8. The average Bonchev–Trinajstić information content (AvgIpc) is 3.27. The molecule has 1 unspecified atom stereocenters. The predicted molar refractivity (Wildman–Crippen MR) is 176 cm³/mol. The van der Waals surface area contributed by atoms with Crippen LogP contribution in [0, 0.1) is 23.2 Å². The van der Waals surface area contributed by atoms with Crippen LogP contribution in [0.2, 0.25) is 0 Å². The number of piperidine rings is 1. The number of alkyl carbamates (subject to hydrolysis) is 1. The summed E-state index contributed by atoms with van der Waals surface area (Å²) < 4.78 is 10.7. The zero-order valence-electron chi connectivity index (χ0n) is 29.7. The van der Waals surface area contributed by atoms with Crippen LogP contribution in [0.1, 0.15) is 100 Å². The van der Waals surface area contributed by atoms with E-state index in [9.17, 15) is 33.6 Å². The number of Topliss-reactive ketones (excluding diaryl/α,β-unsaturated/α-hetero) is 2. The van der Waals surface area contributed by atoms with Crippen molar-refractivity contribution in [3.63, 3.8) is 0 Å². The minimum absolute atomic E-state index is 0.0192. The number of rotatable bonds is 13. The van der Waals surface area contributed by atoms with E-state index in [4.69, 9.17) is 9.47 Å². The summed E-state index contributed by atoms with van der Waals surface area (Å²) in [7, 11) is 0. The van der Waals surface area contributed by atoms with Gasteiger partial charge in [-0.05, 0) is 90.4 Å². The minimum atomic E-state index is -1.20. The lowest BCUT2D eigenvalue weighted by Gasteiger charge is -2.37. The van der Waals surface area contributed by atoms with Crippen molar-refractivity contribution >= 4 is 41.4 Å². The molecule has 0 aromatic heterocycles. The smallest absolute Gasteiger partial charge is 0.408 e. The SMILES string of the molecule is C=CCCC(NC(=O)[C@@H]1[C@@H]2[C@H](CN1C(=O)[C@@H](NC(=O)OC(C)(C)C)C1CCC(=O)CC1)C2(C)C)C(=O)C(=O)NCCC(=O)OC(C)(C)C. The summed E-state index contributed by atoms with van der Waals surface area (Å²) in [6, 6.07) is -3.16. The maximum absolute atomic E-state index is 14.3. The molecule has 13 nitrogen and oxygen atoms in total. The molecule has 3 N–H and O–H groups in total. The average molecular weight is 675 g/mol. The van der Waals surface area contributed by atoms with Gasteiger partial charge in [0.15, 0.2) is 0 Å². The van der Waals surface area contributed by atoms with Crippen LogP contribution in [0.25, 0.3) is 0 Å². The molecule has 268 valence electrons. The Bertz CT molecular complexity index is 1290. The monoisotopic (exact) mass is 674 g/mol. The van der Waals surface area contributed by atoms with Crippen LogP contribution in [0.5, 0.6) is 0 Å². The molecule has 3 aliphatic rings. The number of likely N-dealkylation sites (tertiary alicyclic amines) is 1. The van der Waals surface area contributed by atoms with Crippen molar-refractivity contribution in [3.8, 4) is 0 Å². The van der Waals surface area contributed by atoms with Gasteiger partial charge in [-0.2, -0.15) is 0 Å². The third-order valence-corrected chi connectivity index (χ3v) is 9.31. The summed E-state index contributed by atoms with van der Waals surface area (Å²) in [5.41, 5.74) is -1.75. The second-order valence-corrected chi connectivity index (χ2v) is 15.8. The van der Waals surface area contributed by atoms with Crippen molar-refractivity contribution in [2.75, 3.05) is 13.1 Å². The van der Waals surface area contributed by atoms with Crippen molar-refractivity contribution in [2.24, 2.45) is 23.2 Å². The lowest BCUT2D eigenvalue weighted by Crippen LogP contribution is -2.60. The third kappa shape index (κ3) is 10.1. The lowest BCUT2D eigenvalue weighted by atomic mass is 9.82. The van der Waals surface area contributed by atoms with Crippen LogP contribution in [-0.4, -0.2) is 88.7 Å². The van der Waals surface area contributed by atoms with Crippen molar-refractivity contribution in [3.05, 3.63) is 12.7 Å². The van der Waals surface area contributed by atoms with E-state index in [1.807, 2.05) is 13.8 Å². The summed E-state index contributed by atoms with van der Waals surface area (Å²) in [5, 5.41) is 7.92. The van der Waals surface area contributed by atoms with E-state index in [-0.39, 0.29) is 54.9 Å². The van der Waals surface area contributed by atoms with Gasteiger partial charge in [0.05, 0.1) is 12.5 Å². The molecule has 3 rings (SSSR count). The number of ether oxygens (including phenoxy) is 2. The third-order valence-electron chi connectivity index (χ3n) is 9.31. The number of allylic oxidation sites excluding steroid dienone is 1. The normalized spacial score (nSPS) is 23.2. The van der Waals surface area contributed by atoms with Crippen molar-refractivity contribution in [1.82, 2.24) is 20.9 Å². The molecule has 3 fully saturated rings. The molecule has 1 saturated heterocycles. The van der Waals surface area contributed by atoms with E-state index in [1.165, 1.54) is 4.90 Å². The van der Waals surface area contributed by atoms with Crippen LogP contribution in [-0.2, 0) is 38.2 Å². The Morgan fingerprint density at radius 1 is 0.979 bits per heavy atom. The molecule has 4 amide bonds. The van der Waals surface area contributed by atoms with Crippen molar-refractivity contribution in [1.29, 1.82) is 0 Å². The highest BCUT2D eigenvalue weighted by molar-refractivity contribution is 6.38. The van der Waals surface area contributed by atoms with E-state index in [1.54, 1.807) is 47.6 Å². The number of carbonyl (C=O) groups is 7. The number of ketones is 2. The molecule has 2 aliphatic carbocycles. The number of fused-ring (bicyclic) bond motifs is 1. The Balaban J connectivity index is 1.79. The largest absolute Gasteiger partial charge is 0.460 e. The molecule has 5 atom stereocenters. The first-order valence-electron chi connectivity index (χ1n) is 16.9. The first-order chi connectivity index (χ1) is 22.2. The quantitative estimate of drug-likeness (QED) is 0.151. The number of carbonyl (C=O) groups excluding carboxylic acids is 7. The molecular formula is C35H54N4O9. The van der Waals surface area contributed by atoms with E-state index in [0.717, 1.165) is 0 Å². The second kappa shape index (κ2) is 15.2. The summed E-state index contributed by atoms with van der Waals surface area (Å²) >= 11 is 0. The van der Waals surface area contributed by atoms with E-state index in [2.05, 4.69) is 22.5 Å². The first kappa shape index (κ1) is 38.7. The van der Waals surface area contributed by atoms with Gasteiger partial charge in [-0.25, -0.2) is 4.79 Å². The molecule has 0 bridgehead atoms. The van der Waals surface area contributed by atoms with Gasteiger partial charge in [-0.3, -0.25) is 28.8 Å². The fraction of sp³-hybridized carbons (Fsp3) is 0.743. The van der Waals surface area contributed by atoms with E-state index in [0.29, 0.717) is 32.1 Å². The van der Waals surface area contributed by atoms with Gasteiger partial charge in [-0.15, -0.1) is 6.58 Å². The van der Waals surface area contributed by atoms with Gasteiger partial charge in [-0.1, -0.05) is 19.9 Å². The number of esters is 1. The number of amides is 4. The van der Waals surface area contributed by atoms with Crippen LogP contribution in [0.15, 0.2) is 12.7 Å². The van der Waals surface area contributed by atoms with E-state index >= 15 is 0 Å². The Hall–Kier alpha value is -3.77. The standard InChI is InChI=1S/C35H54N4O9/c1-10-11-12-23(28(42)30(44)36-18-17-24(41)47-33(2,3)4)37-29(43)27-25-22(35(25,8)9)19-39(27)31(45)26(20-13-15-21(40)16-14-20)38-32(46)48-34(5,6)7/h10,20,22-23,25-27H,1,11-19H2,2-9H3,(H,36,44)(H,37,43)(H,38,46)/t22-,23?,25-,26-,27-/m0/s1. The van der Waals surface area contributed by atoms with Crippen LogP contribution in [0.3, 0.4) is 0 Å². The molecular weight excluding hydrogens is 620 g/mol. The Morgan fingerprint density at radius 3 is 2.15 bits per heavy atom. The lowest BCUT2D eigenvalue weighted by molar-refractivity contribution is -0.154. The number of hydrogen-bond donors (Lipinski definition) is 3. The van der Waals surface area contributed by atoms with Gasteiger partial charge < -0.3 is 30.3 Å². The molecule has 48 heavy (non-hydrogen) atoms. The molecule has 2 saturated carbocycles. The number of hydrogen-bond acceptors (Lipinski definition) is 9. The number of nitrogens with one attached hydrogen (secondary N) is 3. The Morgan fingerprint density at radius 2 is 1.58 bits per heavy atom. The summed E-state index contributed by atoms with van der Waals surface area (Å²) in [6.45, 7) is 18.2. The van der Waals surface area contributed by atoms with Gasteiger partial charge in [0.25, 0.3) is 5.91 Å². The Labute approximate surface area is 283 Å². The Kier molecular flexibility index (Phi) is 12.2. The fourth-order valence-electron chi connectivity index (χ4n) is 6.83. The highest BCUT2D eigenvalue weighted by Gasteiger charge is 2.69. The van der Waals surface area contributed by atoms with Crippen LogP contribution in [0.4, 0.5) is 4.79 Å². The summed E-state index contributed by atoms with van der Waals surface area (Å²) in [6.07, 6.45) is 2.50. The fourth-order valence-corrected chi connectivity index (χ4v) is 6.83. The van der Waals surface area contributed by atoms with Gasteiger partial charge in [0, 0.05) is 25.9 Å². The zero-order valence-corrected chi connectivity index (χ0v) is 29.7. The topological polar surface area (TPSA) is 177 Å². The molecule has 0 aromatic carbocycles. The molecule has 0 radical (unpaired) electrons. The zero-order chi connectivity index (χ0) is 36.2. The van der Waals surface area contributed by atoms with Gasteiger partial charge >= 0.3 is 12.1 Å². The molecule has 1 heterocycles. The highest BCUT2D eigenvalue weighted by atomic mass is 16.6. The van der Waals surface area contributed by atoms with Crippen LogP contribution >= 0.6 is 0 Å². The highest BCUT2D eigenvalue weighted by Crippen LogP contribution is 2.65. The van der Waals surface area contributed by atoms with Gasteiger partial charge in [0.1, 0.15) is 29.1 Å². The van der Waals surface area contributed by atoms with Crippen LogP contribution < -0.4 is 16.0 Å². The summed E-state index contributed by atoms with van der Waals surface area (Å²) in [5.74, 6) is -3.79.